The lowest BCUT2D eigenvalue weighted by molar-refractivity contribution is -0.125. The number of nitrogens with one attached hydrogen (secondary N) is 2. The van der Waals surface area contributed by atoms with Crippen molar-refractivity contribution in [1.82, 2.24) is 15.6 Å². The van der Waals surface area contributed by atoms with Crippen molar-refractivity contribution < 1.29 is 23.8 Å². The summed E-state index contributed by atoms with van der Waals surface area (Å²) in [5.41, 5.74) is 0.917. The Bertz CT molecular complexity index is 875. The molecule has 0 radical (unpaired) electrons. The fourth-order valence-electron chi connectivity index (χ4n) is 2.96. The van der Waals surface area contributed by atoms with Crippen LogP contribution in [-0.4, -0.2) is 46.8 Å². The van der Waals surface area contributed by atoms with E-state index in [1.807, 2.05) is 0 Å². The number of aromatic nitrogens is 1. The summed E-state index contributed by atoms with van der Waals surface area (Å²) < 4.78 is 18.9. The van der Waals surface area contributed by atoms with Gasteiger partial charge in [-0.2, -0.15) is 0 Å². The second kappa shape index (κ2) is 9.90. The molecule has 0 saturated heterocycles. The van der Waals surface area contributed by atoms with Crippen LogP contribution in [0.3, 0.4) is 0 Å². The predicted molar refractivity (Wildman–Crippen MR) is 103 cm³/mol. The van der Waals surface area contributed by atoms with Gasteiger partial charge in [-0.3, -0.25) is 14.6 Å². The van der Waals surface area contributed by atoms with E-state index in [2.05, 4.69) is 15.6 Å². The molecule has 3 rings (SSSR count). The minimum atomic E-state index is -0.686. The second-order valence-corrected chi connectivity index (χ2v) is 6.61. The van der Waals surface area contributed by atoms with Gasteiger partial charge in [0.25, 0.3) is 5.91 Å². The number of pyridine rings is 1. The summed E-state index contributed by atoms with van der Waals surface area (Å²) in [6, 6.07) is 10.4. The zero-order valence-electron chi connectivity index (χ0n) is 15.6. The SMILES string of the molecule is O=C(C[C@H]1C=C[C@H](NC(=O)c2ccccn2)[C@H](CO)O1)NCc1cccc(F)c1. The van der Waals surface area contributed by atoms with Crippen LogP contribution < -0.4 is 10.6 Å². The van der Waals surface area contributed by atoms with E-state index in [4.69, 9.17) is 4.74 Å². The number of nitrogens with zero attached hydrogens (tertiary/aromatic N) is 1. The van der Waals surface area contributed by atoms with Crippen LogP contribution in [0, 0.1) is 5.82 Å². The first-order chi connectivity index (χ1) is 14.0. The molecule has 2 amide bonds. The van der Waals surface area contributed by atoms with Crippen molar-refractivity contribution in [2.24, 2.45) is 0 Å². The smallest absolute Gasteiger partial charge is 0.270 e. The van der Waals surface area contributed by atoms with Crippen molar-refractivity contribution in [1.29, 1.82) is 0 Å². The Morgan fingerprint density at radius 2 is 2.03 bits per heavy atom. The number of benzene rings is 1. The fraction of sp³-hybridized carbons (Fsp3) is 0.286. The number of rotatable bonds is 7. The molecule has 152 valence electrons. The Morgan fingerprint density at radius 3 is 2.76 bits per heavy atom. The van der Waals surface area contributed by atoms with E-state index in [1.54, 1.807) is 42.5 Å². The maximum atomic E-state index is 13.2. The van der Waals surface area contributed by atoms with Crippen LogP contribution in [0.5, 0.6) is 0 Å². The Hall–Kier alpha value is -3.10. The normalized spacial score (nSPS) is 20.8. The van der Waals surface area contributed by atoms with Crippen molar-refractivity contribution in [2.45, 2.75) is 31.2 Å². The van der Waals surface area contributed by atoms with Gasteiger partial charge in [-0.25, -0.2) is 4.39 Å². The lowest BCUT2D eigenvalue weighted by atomic mass is 10.0. The molecule has 8 heteroatoms. The van der Waals surface area contributed by atoms with Gasteiger partial charge in [0.15, 0.2) is 0 Å². The summed E-state index contributed by atoms with van der Waals surface area (Å²) in [5, 5.41) is 15.1. The predicted octanol–water partition coefficient (Wildman–Crippen LogP) is 1.34. The molecule has 0 unspecified atom stereocenters. The summed E-state index contributed by atoms with van der Waals surface area (Å²) in [5.74, 6) is -1.01. The van der Waals surface area contributed by atoms with Crippen LogP contribution in [0.25, 0.3) is 0 Å². The highest BCUT2D eigenvalue weighted by Gasteiger charge is 2.29. The molecule has 1 aromatic heterocycles. The van der Waals surface area contributed by atoms with Gasteiger partial charge in [0.2, 0.25) is 5.91 Å². The van der Waals surface area contributed by atoms with Gasteiger partial charge in [0.1, 0.15) is 17.6 Å². The van der Waals surface area contributed by atoms with E-state index >= 15 is 0 Å². The monoisotopic (exact) mass is 399 g/mol. The van der Waals surface area contributed by atoms with E-state index in [0.717, 1.165) is 0 Å². The lowest BCUT2D eigenvalue weighted by Crippen LogP contribution is -2.49. The third-order valence-electron chi connectivity index (χ3n) is 4.42. The van der Waals surface area contributed by atoms with Crippen LogP contribution in [0.15, 0.2) is 60.8 Å². The van der Waals surface area contributed by atoms with E-state index in [9.17, 15) is 19.1 Å². The molecule has 0 spiro atoms. The molecule has 3 atom stereocenters. The van der Waals surface area contributed by atoms with Gasteiger partial charge in [0.05, 0.1) is 25.2 Å². The van der Waals surface area contributed by atoms with E-state index in [-0.39, 0.29) is 42.9 Å². The Morgan fingerprint density at radius 1 is 1.17 bits per heavy atom. The van der Waals surface area contributed by atoms with Gasteiger partial charge in [-0.1, -0.05) is 30.4 Å². The topological polar surface area (TPSA) is 101 Å². The maximum absolute atomic E-state index is 13.2. The van der Waals surface area contributed by atoms with Crippen molar-refractivity contribution >= 4 is 11.8 Å². The number of aliphatic hydroxyl groups excluding tert-OH is 1. The third kappa shape index (κ3) is 5.94. The number of carbonyl (C=O) groups is 2. The van der Waals surface area contributed by atoms with Gasteiger partial charge in [0, 0.05) is 12.7 Å². The fourth-order valence-corrected chi connectivity index (χ4v) is 2.96. The van der Waals surface area contributed by atoms with Crippen molar-refractivity contribution in [2.75, 3.05) is 6.61 Å². The first-order valence-corrected chi connectivity index (χ1v) is 9.23. The number of carbonyl (C=O) groups excluding carboxylic acids is 2. The molecule has 0 fully saturated rings. The molecule has 0 saturated carbocycles. The summed E-state index contributed by atoms with van der Waals surface area (Å²) in [4.78, 5) is 28.4. The number of ether oxygens (including phenoxy) is 1. The number of halogens is 1. The maximum Gasteiger partial charge on any atom is 0.270 e. The average Bonchev–Trinajstić information content (AvgIpc) is 2.74. The molecular formula is C21H22FN3O4. The van der Waals surface area contributed by atoms with Crippen LogP contribution in [-0.2, 0) is 16.1 Å². The van der Waals surface area contributed by atoms with Gasteiger partial charge in [-0.15, -0.1) is 0 Å². The number of hydrogen-bond donors (Lipinski definition) is 3. The quantitative estimate of drug-likeness (QED) is 0.610. The molecular weight excluding hydrogens is 377 g/mol. The average molecular weight is 399 g/mol. The summed E-state index contributed by atoms with van der Waals surface area (Å²) in [6.07, 6.45) is 3.72. The Balaban J connectivity index is 1.52. The first kappa shape index (κ1) is 20.6. The molecule has 1 aliphatic rings. The lowest BCUT2D eigenvalue weighted by Gasteiger charge is -2.31. The van der Waals surface area contributed by atoms with Crippen LogP contribution >= 0.6 is 0 Å². The summed E-state index contributed by atoms with van der Waals surface area (Å²) >= 11 is 0. The molecule has 2 heterocycles. The molecule has 2 aromatic rings. The number of amides is 2. The van der Waals surface area contributed by atoms with Crippen molar-refractivity contribution in [3.63, 3.8) is 0 Å². The zero-order chi connectivity index (χ0) is 20.6. The van der Waals surface area contributed by atoms with Gasteiger partial charge < -0.3 is 20.5 Å². The highest BCUT2D eigenvalue weighted by Crippen LogP contribution is 2.16. The summed E-state index contributed by atoms with van der Waals surface area (Å²) in [6.45, 7) is -0.113. The molecule has 29 heavy (non-hydrogen) atoms. The highest BCUT2D eigenvalue weighted by atomic mass is 19.1. The standard InChI is InChI=1S/C21H22FN3O4/c22-15-5-3-4-14(10-15)12-24-20(27)11-16-7-8-17(19(13-26)29-16)25-21(28)18-6-1-2-9-23-18/h1-10,16-17,19,26H,11-13H2,(H,24,27)(H,25,28)/t16-,17+,19+/m1/s1. The Kier molecular flexibility index (Phi) is 7.04. The van der Waals surface area contributed by atoms with E-state index < -0.39 is 18.2 Å². The highest BCUT2D eigenvalue weighted by molar-refractivity contribution is 5.92. The number of aliphatic hydroxyl groups is 1. The van der Waals surface area contributed by atoms with E-state index in [1.165, 1.54) is 18.3 Å². The molecule has 7 nitrogen and oxygen atoms in total. The zero-order valence-corrected chi connectivity index (χ0v) is 15.6. The second-order valence-electron chi connectivity index (χ2n) is 6.61. The first-order valence-electron chi connectivity index (χ1n) is 9.23. The molecule has 1 aliphatic heterocycles. The van der Waals surface area contributed by atoms with Crippen LogP contribution in [0.2, 0.25) is 0 Å². The van der Waals surface area contributed by atoms with Gasteiger partial charge >= 0.3 is 0 Å². The number of hydrogen-bond acceptors (Lipinski definition) is 5. The van der Waals surface area contributed by atoms with E-state index in [0.29, 0.717) is 5.56 Å². The minimum absolute atomic E-state index is 0.0449. The molecule has 0 aliphatic carbocycles. The van der Waals surface area contributed by atoms with Crippen LogP contribution in [0.1, 0.15) is 22.5 Å². The van der Waals surface area contributed by atoms with Gasteiger partial charge in [-0.05, 0) is 29.8 Å². The largest absolute Gasteiger partial charge is 0.394 e. The molecule has 3 N–H and O–H groups in total. The minimum Gasteiger partial charge on any atom is -0.394 e. The summed E-state index contributed by atoms with van der Waals surface area (Å²) in [7, 11) is 0. The molecule has 1 aromatic carbocycles. The Labute approximate surface area is 167 Å². The third-order valence-corrected chi connectivity index (χ3v) is 4.42. The van der Waals surface area contributed by atoms with Crippen molar-refractivity contribution in [3.05, 3.63) is 77.9 Å². The molecule has 0 bridgehead atoms. The van der Waals surface area contributed by atoms with Crippen molar-refractivity contribution in [3.8, 4) is 0 Å². The van der Waals surface area contributed by atoms with Crippen LogP contribution in [0.4, 0.5) is 4.39 Å².